The molecule has 4 rings (SSSR count). The van der Waals surface area contributed by atoms with Crippen LogP contribution in [0.4, 0.5) is 11.5 Å². The van der Waals surface area contributed by atoms with Crippen molar-refractivity contribution in [1.82, 2.24) is 9.88 Å². The number of hydrogen-bond acceptors (Lipinski definition) is 5. The Morgan fingerprint density at radius 3 is 2.80 bits per heavy atom. The van der Waals surface area contributed by atoms with E-state index in [-0.39, 0.29) is 5.91 Å². The molecule has 0 unspecified atom stereocenters. The molecule has 0 saturated carbocycles. The number of amides is 1. The first-order valence-electron chi connectivity index (χ1n) is 8.72. The van der Waals surface area contributed by atoms with Gasteiger partial charge in [-0.1, -0.05) is 18.2 Å². The Morgan fingerprint density at radius 1 is 1.12 bits per heavy atom. The van der Waals surface area contributed by atoms with Crippen LogP contribution in [0.15, 0.2) is 42.6 Å². The van der Waals surface area contributed by atoms with Gasteiger partial charge >= 0.3 is 0 Å². The lowest BCUT2D eigenvalue weighted by Crippen LogP contribution is -2.48. The molecule has 0 bridgehead atoms. The zero-order chi connectivity index (χ0) is 17.1. The van der Waals surface area contributed by atoms with E-state index in [9.17, 15) is 4.79 Å². The number of nitrogens with one attached hydrogen (secondary N) is 1. The van der Waals surface area contributed by atoms with Crippen LogP contribution in [0.1, 0.15) is 5.56 Å². The summed E-state index contributed by atoms with van der Waals surface area (Å²) in [6.07, 6.45) is 2.73. The summed E-state index contributed by atoms with van der Waals surface area (Å²) in [5, 5.41) is 3.00. The molecule has 6 nitrogen and oxygen atoms in total. The van der Waals surface area contributed by atoms with Crippen molar-refractivity contribution in [1.29, 1.82) is 0 Å². The van der Waals surface area contributed by atoms with Gasteiger partial charge in [-0.05, 0) is 23.8 Å². The van der Waals surface area contributed by atoms with Gasteiger partial charge in [-0.3, -0.25) is 9.69 Å². The Labute approximate surface area is 147 Å². The highest BCUT2D eigenvalue weighted by Gasteiger charge is 2.21. The number of benzene rings is 1. The van der Waals surface area contributed by atoms with Crippen molar-refractivity contribution in [2.75, 3.05) is 49.5 Å². The molecule has 1 aromatic carbocycles. The molecule has 6 heteroatoms. The maximum atomic E-state index is 12.4. The van der Waals surface area contributed by atoms with E-state index in [4.69, 9.17) is 4.74 Å². The highest BCUT2D eigenvalue weighted by Crippen LogP contribution is 2.33. The number of anilines is 2. The third-order valence-electron chi connectivity index (χ3n) is 4.70. The normalized spacial score (nSPS) is 17.0. The molecule has 1 saturated heterocycles. The lowest BCUT2D eigenvalue weighted by molar-refractivity contribution is -0.117. The average molecular weight is 338 g/mol. The highest BCUT2D eigenvalue weighted by atomic mass is 16.5. The number of rotatable bonds is 4. The molecule has 2 aliphatic heterocycles. The van der Waals surface area contributed by atoms with Gasteiger partial charge < -0.3 is 15.0 Å². The largest absolute Gasteiger partial charge is 0.491 e. The average Bonchev–Trinajstić information content (AvgIpc) is 3.13. The summed E-state index contributed by atoms with van der Waals surface area (Å²) >= 11 is 0. The van der Waals surface area contributed by atoms with Gasteiger partial charge in [-0.15, -0.1) is 0 Å². The van der Waals surface area contributed by atoms with E-state index in [1.54, 1.807) is 0 Å². The molecule has 2 aliphatic rings. The molecule has 1 aromatic heterocycles. The fraction of sp³-hybridized carbons (Fsp3) is 0.368. The number of para-hydroxylation sites is 1. The van der Waals surface area contributed by atoms with Crippen LogP contribution in [0, 0.1) is 0 Å². The Hall–Kier alpha value is -2.60. The fourth-order valence-electron chi connectivity index (χ4n) is 3.38. The van der Waals surface area contributed by atoms with Crippen molar-refractivity contribution in [3.8, 4) is 5.75 Å². The third kappa shape index (κ3) is 3.58. The van der Waals surface area contributed by atoms with Gasteiger partial charge in [0, 0.05) is 38.8 Å². The van der Waals surface area contributed by atoms with Gasteiger partial charge in [0.25, 0.3) is 0 Å². The minimum Gasteiger partial charge on any atom is -0.491 e. The van der Waals surface area contributed by atoms with Crippen molar-refractivity contribution >= 4 is 17.4 Å². The second-order valence-corrected chi connectivity index (χ2v) is 6.39. The number of aromatic nitrogens is 1. The SMILES string of the molecule is O=C(CN1CCN(c2ccccn2)CC1)Nc1cccc2c1OCC2. The zero-order valence-corrected chi connectivity index (χ0v) is 14.1. The van der Waals surface area contributed by atoms with Gasteiger partial charge in [-0.2, -0.15) is 0 Å². The maximum absolute atomic E-state index is 12.4. The Kier molecular flexibility index (Phi) is 4.52. The van der Waals surface area contributed by atoms with Crippen molar-refractivity contribution < 1.29 is 9.53 Å². The number of ether oxygens (including phenoxy) is 1. The molecule has 0 aliphatic carbocycles. The Balaban J connectivity index is 1.30. The van der Waals surface area contributed by atoms with E-state index in [0.29, 0.717) is 13.2 Å². The maximum Gasteiger partial charge on any atom is 0.238 e. The minimum absolute atomic E-state index is 0.00943. The molecular weight excluding hydrogens is 316 g/mol. The van der Waals surface area contributed by atoms with Gasteiger partial charge in [-0.25, -0.2) is 4.98 Å². The quantitative estimate of drug-likeness (QED) is 0.921. The monoisotopic (exact) mass is 338 g/mol. The second kappa shape index (κ2) is 7.11. The number of hydrogen-bond donors (Lipinski definition) is 1. The van der Waals surface area contributed by atoms with Crippen LogP contribution in [0.2, 0.25) is 0 Å². The summed E-state index contributed by atoms with van der Waals surface area (Å²) in [7, 11) is 0. The summed E-state index contributed by atoms with van der Waals surface area (Å²) in [6.45, 7) is 4.57. The minimum atomic E-state index is 0.00943. The van der Waals surface area contributed by atoms with E-state index >= 15 is 0 Å². The smallest absolute Gasteiger partial charge is 0.238 e. The molecule has 0 radical (unpaired) electrons. The topological polar surface area (TPSA) is 57.7 Å². The van der Waals surface area contributed by atoms with E-state index in [0.717, 1.165) is 49.9 Å². The van der Waals surface area contributed by atoms with E-state index in [1.165, 1.54) is 5.56 Å². The number of fused-ring (bicyclic) bond motifs is 1. The molecular formula is C19H22N4O2. The molecule has 3 heterocycles. The first kappa shape index (κ1) is 15.9. The van der Waals surface area contributed by atoms with Crippen molar-refractivity contribution in [3.63, 3.8) is 0 Å². The lowest BCUT2D eigenvalue weighted by atomic mass is 10.1. The molecule has 1 amide bonds. The summed E-state index contributed by atoms with van der Waals surface area (Å²) in [5.74, 6) is 1.84. The van der Waals surface area contributed by atoms with E-state index < -0.39 is 0 Å². The van der Waals surface area contributed by atoms with Gasteiger partial charge in [0.2, 0.25) is 5.91 Å². The number of piperazine rings is 1. The first-order valence-corrected chi connectivity index (χ1v) is 8.72. The predicted molar refractivity (Wildman–Crippen MR) is 97.2 cm³/mol. The predicted octanol–water partition coefficient (Wildman–Crippen LogP) is 1.78. The van der Waals surface area contributed by atoms with Crippen LogP contribution in [0.3, 0.4) is 0 Å². The number of carbonyl (C=O) groups excluding carboxylic acids is 1. The number of carbonyl (C=O) groups is 1. The highest BCUT2D eigenvalue weighted by molar-refractivity contribution is 5.94. The summed E-state index contributed by atoms with van der Waals surface area (Å²) in [4.78, 5) is 21.2. The molecule has 1 fully saturated rings. The Morgan fingerprint density at radius 2 is 2.00 bits per heavy atom. The Bertz CT molecular complexity index is 742. The molecule has 2 aromatic rings. The first-order chi connectivity index (χ1) is 12.3. The van der Waals surface area contributed by atoms with Crippen LogP contribution in [0.25, 0.3) is 0 Å². The van der Waals surface area contributed by atoms with Crippen LogP contribution >= 0.6 is 0 Å². The third-order valence-corrected chi connectivity index (χ3v) is 4.70. The molecule has 1 N–H and O–H groups in total. The summed E-state index contributed by atoms with van der Waals surface area (Å²) < 4.78 is 5.64. The zero-order valence-electron chi connectivity index (χ0n) is 14.1. The summed E-state index contributed by atoms with van der Waals surface area (Å²) in [5.41, 5.74) is 1.95. The second-order valence-electron chi connectivity index (χ2n) is 6.39. The van der Waals surface area contributed by atoms with E-state index in [2.05, 4.69) is 26.2 Å². The molecule has 0 atom stereocenters. The summed E-state index contributed by atoms with van der Waals surface area (Å²) in [6, 6.07) is 11.9. The standard InChI is InChI=1S/C19H22N4O2/c24-18(21-16-5-3-4-15-7-13-25-19(15)16)14-22-9-11-23(12-10-22)17-6-1-2-8-20-17/h1-6,8H,7,9-14H2,(H,21,24). The van der Waals surface area contributed by atoms with Crippen LogP contribution in [0.5, 0.6) is 5.75 Å². The van der Waals surface area contributed by atoms with E-state index in [1.807, 2.05) is 36.5 Å². The van der Waals surface area contributed by atoms with Crippen molar-refractivity contribution in [2.45, 2.75) is 6.42 Å². The van der Waals surface area contributed by atoms with Crippen LogP contribution < -0.4 is 15.0 Å². The molecule has 130 valence electrons. The fourth-order valence-corrected chi connectivity index (χ4v) is 3.38. The van der Waals surface area contributed by atoms with Crippen molar-refractivity contribution in [3.05, 3.63) is 48.2 Å². The van der Waals surface area contributed by atoms with Gasteiger partial charge in [0.15, 0.2) is 0 Å². The van der Waals surface area contributed by atoms with Gasteiger partial charge in [0.05, 0.1) is 18.8 Å². The van der Waals surface area contributed by atoms with Crippen molar-refractivity contribution in [2.24, 2.45) is 0 Å². The number of pyridine rings is 1. The molecule has 25 heavy (non-hydrogen) atoms. The van der Waals surface area contributed by atoms with Gasteiger partial charge in [0.1, 0.15) is 11.6 Å². The lowest BCUT2D eigenvalue weighted by Gasteiger charge is -2.34. The van der Waals surface area contributed by atoms with Crippen LogP contribution in [-0.2, 0) is 11.2 Å². The van der Waals surface area contributed by atoms with Crippen LogP contribution in [-0.4, -0.2) is 55.1 Å². The number of nitrogens with zero attached hydrogens (tertiary/aromatic N) is 3. The molecule has 0 spiro atoms.